The second kappa shape index (κ2) is 7.37. The van der Waals surface area contributed by atoms with Crippen LogP contribution in [0.3, 0.4) is 0 Å². The van der Waals surface area contributed by atoms with Gasteiger partial charge in [-0.2, -0.15) is 0 Å². The molecule has 0 amide bonds. The van der Waals surface area contributed by atoms with Gasteiger partial charge in [0.25, 0.3) is 0 Å². The molecule has 0 bridgehead atoms. The smallest absolute Gasteiger partial charge is 0.141 e. The molecule has 0 radical (unpaired) electrons. The predicted octanol–water partition coefficient (Wildman–Crippen LogP) is 4.37. The van der Waals surface area contributed by atoms with Gasteiger partial charge in [-0.25, -0.2) is 4.39 Å². The lowest BCUT2D eigenvalue weighted by Crippen LogP contribution is -2.00. The fourth-order valence-corrected chi connectivity index (χ4v) is 1.99. The summed E-state index contributed by atoms with van der Waals surface area (Å²) in [7, 11) is 0. The summed E-state index contributed by atoms with van der Waals surface area (Å²) in [4.78, 5) is 3.87. The molecule has 0 fully saturated rings. The average Bonchev–Trinajstić information content (AvgIpc) is 2.24. The molecule has 1 heterocycles. The van der Waals surface area contributed by atoms with Gasteiger partial charge in [0.15, 0.2) is 0 Å². The molecule has 1 rings (SSSR count). The minimum Gasteiger partial charge on any atom is -0.261 e. The first-order chi connectivity index (χ1) is 7.72. The Kier molecular flexibility index (Phi) is 6.05. The van der Waals surface area contributed by atoms with Gasteiger partial charge in [0.1, 0.15) is 5.82 Å². The molecule has 0 aliphatic carbocycles. The Morgan fingerprint density at radius 3 is 2.75 bits per heavy atom. The number of rotatable bonds is 7. The van der Waals surface area contributed by atoms with Gasteiger partial charge >= 0.3 is 0 Å². The molecule has 0 aromatic carbocycles. The minimum absolute atomic E-state index is 0.226. The summed E-state index contributed by atoms with van der Waals surface area (Å²) in [6.45, 7) is 4.46. The van der Waals surface area contributed by atoms with E-state index in [9.17, 15) is 4.39 Å². The molecule has 16 heavy (non-hydrogen) atoms. The van der Waals surface area contributed by atoms with E-state index in [0.29, 0.717) is 5.92 Å². The highest BCUT2D eigenvalue weighted by atomic mass is 19.1. The third-order valence-corrected chi connectivity index (χ3v) is 2.90. The van der Waals surface area contributed by atoms with Crippen molar-refractivity contribution in [1.82, 2.24) is 4.98 Å². The highest BCUT2D eigenvalue weighted by Crippen LogP contribution is 2.15. The SMILES string of the molecule is CCCCCCC(C)Cc1cncc(F)c1. The van der Waals surface area contributed by atoms with Crippen LogP contribution in [0, 0.1) is 11.7 Å². The van der Waals surface area contributed by atoms with Crippen LogP contribution >= 0.6 is 0 Å². The van der Waals surface area contributed by atoms with Gasteiger partial charge in [0, 0.05) is 6.20 Å². The topological polar surface area (TPSA) is 12.9 Å². The van der Waals surface area contributed by atoms with E-state index >= 15 is 0 Å². The van der Waals surface area contributed by atoms with Gasteiger partial charge in [-0.1, -0.05) is 46.0 Å². The van der Waals surface area contributed by atoms with Crippen molar-refractivity contribution in [1.29, 1.82) is 0 Å². The molecular formula is C14H22FN. The Labute approximate surface area is 98.1 Å². The van der Waals surface area contributed by atoms with Crippen LogP contribution in [0.15, 0.2) is 18.5 Å². The molecule has 1 nitrogen and oxygen atoms in total. The Morgan fingerprint density at radius 2 is 2.06 bits per heavy atom. The second-order valence-corrected chi connectivity index (χ2v) is 4.67. The van der Waals surface area contributed by atoms with E-state index in [4.69, 9.17) is 0 Å². The molecule has 1 atom stereocenters. The largest absolute Gasteiger partial charge is 0.261 e. The Hall–Kier alpha value is -0.920. The number of halogens is 1. The summed E-state index contributed by atoms with van der Waals surface area (Å²) in [5, 5.41) is 0. The number of aromatic nitrogens is 1. The Bertz CT molecular complexity index is 299. The molecule has 1 aromatic heterocycles. The molecule has 90 valence electrons. The molecule has 0 saturated carbocycles. The van der Waals surface area contributed by atoms with Crippen LogP contribution in [0.5, 0.6) is 0 Å². The number of nitrogens with zero attached hydrogens (tertiary/aromatic N) is 1. The van der Waals surface area contributed by atoms with Gasteiger partial charge in [-0.3, -0.25) is 4.98 Å². The normalized spacial score (nSPS) is 12.7. The van der Waals surface area contributed by atoms with Crippen molar-refractivity contribution in [3.05, 3.63) is 29.8 Å². The molecule has 0 aliphatic rings. The average molecular weight is 223 g/mol. The molecule has 1 aromatic rings. The van der Waals surface area contributed by atoms with E-state index < -0.39 is 0 Å². The molecule has 0 aliphatic heterocycles. The van der Waals surface area contributed by atoms with E-state index in [-0.39, 0.29) is 5.82 Å². The lowest BCUT2D eigenvalue weighted by molar-refractivity contribution is 0.485. The van der Waals surface area contributed by atoms with Crippen molar-refractivity contribution >= 4 is 0 Å². The summed E-state index contributed by atoms with van der Waals surface area (Å²) in [5.41, 5.74) is 1.02. The third kappa shape index (κ3) is 5.24. The fourth-order valence-electron chi connectivity index (χ4n) is 1.99. The van der Waals surface area contributed by atoms with E-state index in [1.54, 1.807) is 12.3 Å². The quantitative estimate of drug-likeness (QED) is 0.625. The van der Waals surface area contributed by atoms with Crippen molar-refractivity contribution in [3.63, 3.8) is 0 Å². The van der Waals surface area contributed by atoms with E-state index in [1.165, 1.54) is 38.3 Å². The van der Waals surface area contributed by atoms with Gasteiger partial charge in [-0.05, 0) is 24.0 Å². The van der Waals surface area contributed by atoms with Crippen LogP contribution in [0.25, 0.3) is 0 Å². The molecular weight excluding hydrogens is 201 g/mol. The lowest BCUT2D eigenvalue weighted by atomic mass is 9.96. The summed E-state index contributed by atoms with van der Waals surface area (Å²) in [6, 6.07) is 1.59. The van der Waals surface area contributed by atoms with Crippen LogP contribution in [-0.4, -0.2) is 4.98 Å². The monoisotopic (exact) mass is 223 g/mol. The maximum absolute atomic E-state index is 12.9. The van der Waals surface area contributed by atoms with E-state index in [2.05, 4.69) is 18.8 Å². The van der Waals surface area contributed by atoms with Crippen LogP contribution in [0.4, 0.5) is 4.39 Å². The Morgan fingerprint density at radius 1 is 1.25 bits per heavy atom. The maximum atomic E-state index is 12.9. The summed E-state index contributed by atoms with van der Waals surface area (Å²) < 4.78 is 12.9. The first-order valence-electron chi connectivity index (χ1n) is 6.31. The maximum Gasteiger partial charge on any atom is 0.141 e. The highest BCUT2D eigenvalue weighted by Gasteiger charge is 2.04. The summed E-state index contributed by atoms with van der Waals surface area (Å²) >= 11 is 0. The van der Waals surface area contributed by atoms with Gasteiger partial charge < -0.3 is 0 Å². The van der Waals surface area contributed by atoms with Crippen LogP contribution in [-0.2, 0) is 6.42 Å². The fraction of sp³-hybridized carbons (Fsp3) is 0.643. The lowest BCUT2D eigenvalue weighted by Gasteiger charge is -2.10. The van der Waals surface area contributed by atoms with Crippen LogP contribution < -0.4 is 0 Å². The minimum atomic E-state index is -0.226. The summed E-state index contributed by atoms with van der Waals surface area (Å²) in [6.07, 6.45) is 10.4. The first kappa shape index (κ1) is 13.1. The van der Waals surface area contributed by atoms with Crippen LogP contribution in [0.2, 0.25) is 0 Å². The van der Waals surface area contributed by atoms with E-state index in [1.807, 2.05) is 0 Å². The van der Waals surface area contributed by atoms with Crippen molar-refractivity contribution in [2.24, 2.45) is 5.92 Å². The van der Waals surface area contributed by atoms with Crippen molar-refractivity contribution in [2.75, 3.05) is 0 Å². The van der Waals surface area contributed by atoms with E-state index in [0.717, 1.165) is 12.0 Å². The zero-order valence-corrected chi connectivity index (χ0v) is 10.4. The third-order valence-electron chi connectivity index (χ3n) is 2.90. The van der Waals surface area contributed by atoms with Crippen molar-refractivity contribution < 1.29 is 4.39 Å². The van der Waals surface area contributed by atoms with Crippen molar-refractivity contribution in [2.45, 2.75) is 52.4 Å². The second-order valence-electron chi connectivity index (χ2n) is 4.67. The molecule has 0 spiro atoms. The van der Waals surface area contributed by atoms with Gasteiger partial charge in [0.2, 0.25) is 0 Å². The van der Waals surface area contributed by atoms with Gasteiger partial charge in [0.05, 0.1) is 6.20 Å². The van der Waals surface area contributed by atoms with Crippen LogP contribution in [0.1, 0.15) is 51.5 Å². The zero-order chi connectivity index (χ0) is 11.8. The molecule has 0 saturated heterocycles. The number of hydrogen-bond acceptors (Lipinski definition) is 1. The summed E-state index contributed by atoms with van der Waals surface area (Å²) in [5.74, 6) is 0.399. The highest BCUT2D eigenvalue weighted by molar-refractivity contribution is 5.10. The number of pyridine rings is 1. The number of hydrogen-bond donors (Lipinski definition) is 0. The Balaban J connectivity index is 2.25. The zero-order valence-electron chi connectivity index (χ0n) is 10.4. The van der Waals surface area contributed by atoms with Crippen molar-refractivity contribution in [3.8, 4) is 0 Å². The molecule has 0 N–H and O–H groups in total. The number of unbranched alkanes of at least 4 members (excludes halogenated alkanes) is 3. The molecule has 1 unspecified atom stereocenters. The van der Waals surface area contributed by atoms with Gasteiger partial charge in [-0.15, -0.1) is 0 Å². The standard InChI is InChI=1S/C14H22FN/c1-3-4-5-6-7-12(2)8-13-9-14(15)11-16-10-13/h9-12H,3-8H2,1-2H3. The predicted molar refractivity (Wildman–Crippen MR) is 65.8 cm³/mol. The first-order valence-corrected chi connectivity index (χ1v) is 6.31. The molecule has 2 heteroatoms.